The average molecular weight is 338 g/mol. The van der Waals surface area contributed by atoms with Crippen LogP contribution in [0.2, 0.25) is 0 Å². The van der Waals surface area contributed by atoms with Crippen LogP contribution in [0.5, 0.6) is 0 Å². The summed E-state index contributed by atoms with van der Waals surface area (Å²) in [5.74, 6) is 0.506. The lowest BCUT2D eigenvalue weighted by molar-refractivity contribution is 0.567. The largest absolute Gasteiger partial charge is 0.229 e. The molecule has 0 aliphatic carbocycles. The van der Waals surface area contributed by atoms with Crippen molar-refractivity contribution in [1.82, 2.24) is 0 Å². The maximum absolute atomic E-state index is 11.4. The van der Waals surface area contributed by atoms with Crippen LogP contribution in [-0.4, -0.2) is 19.9 Å². The summed E-state index contributed by atoms with van der Waals surface area (Å²) in [5, 5.41) is -0.234. The number of rotatable bonds is 2. The summed E-state index contributed by atoms with van der Waals surface area (Å²) < 4.78 is 23.9. The van der Waals surface area contributed by atoms with E-state index in [9.17, 15) is 8.42 Å². The fourth-order valence-corrected chi connectivity index (χ4v) is 5.39. The molecule has 94 valence electrons. The van der Waals surface area contributed by atoms with E-state index >= 15 is 0 Å². The first kappa shape index (κ1) is 13.4. The molecule has 0 aromatic heterocycles. The molecular weight excluding hydrogens is 324 g/mol. The number of aryl methyl sites for hydroxylation is 1. The molecule has 0 amide bonds. The Morgan fingerprint density at radius 1 is 1.47 bits per heavy atom. The molecule has 0 radical (unpaired) electrons. The molecule has 0 saturated carbocycles. The Labute approximate surface area is 115 Å². The van der Waals surface area contributed by atoms with Crippen LogP contribution < -0.4 is 0 Å². The van der Waals surface area contributed by atoms with Gasteiger partial charge in [-0.25, -0.2) is 8.42 Å². The molecular formula is C12H14BrClO2S. The Morgan fingerprint density at radius 2 is 2.18 bits per heavy atom. The number of hydrogen-bond donors (Lipinski definition) is 0. The van der Waals surface area contributed by atoms with Crippen molar-refractivity contribution in [3.8, 4) is 0 Å². The van der Waals surface area contributed by atoms with Crippen LogP contribution in [0.1, 0.15) is 22.9 Å². The molecule has 1 fully saturated rings. The Bertz CT molecular complexity index is 527. The van der Waals surface area contributed by atoms with Crippen LogP contribution >= 0.6 is 27.5 Å². The average Bonchev–Trinajstić information content (AvgIpc) is 2.58. The van der Waals surface area contributed by atoms with E-state index in [1.165, 1.54) is 0 Å². The van der Waals surface area contributed by atoms with Crippen molar-refractivity contribution >= 4 is 37.4 Å². The quantitative estimate of drug-likeness (QED) is 0.774. The third kappa shape index (κ3) is 3.04. The van der Waals surface area contributed by atoms with Gasteiger partial charge in [-0.05, 0) is 36.5 Å². The van der Waals surface area contributed by atoms with Crippen molar-refractivity contribution in [2.75, 3.05) is 11.5 Å². The number of halogens is 2. The van der Waals surface area contributed by atoms with Gasteiger partial charge in [-0.1, -0.05) is 28.1 Å². The number of hydrogen-bond acceptors (Lipinski definition) is 2. The number of sulfone groups is 1. The second-order valence-corrected chi connectivity index (χ2v) is 8.14. The lowest BCUT2D eigenvalue weighted by Gasteiger charge is -2.17. The van der Waals surface area contributed by atoms with Crippen LogP contribution in [0.4, 0.5) is 0 Å². The van der Waals surface area contributed by atoms with Crippen LogP contribution in [0.3, 0.4) is 0 Å². The van der Waals surface area contributed by atoms with Gasteiger partial charge in [0.2, 0.25) is 0 Å². The highest BCUT2D eigenvalue weighted by Crippen LogP contribution is 2.39. The molecule has 0 spiro atoms. The third-order valence-electron chi connectivity index (χ3n) is 3.13. The Morgan fingerprint density at radius 3 is 2.71 bits per heavy atom. The highest BCUT2D eigenvalue weighted by Gasteiger charge is 2.34. The van der Waals surface area contributed by atoms with Crippen LogP contribution in [-0.2, 0) is 9.84 Å². The summed E-state index contributed by atoms with van der Waals surface area (Å²) in [7, 11) is -2.87. The minimum absolute atomic E-state index is 0.0284. The lowest BCUT2D eigenvalue weighted by atomic mass is 9.97. The highest BCUT2D eigenvalue weighted by atomic mass is 79.9. The Hall–Kier alpha value is -0.0600. The summed E-state index contributed by atoms with van der Waals surface area (Å²) in [6.07, 6.45) is 0.664. The predicted octanol–water partition coefficient (Wildman–Crippen LogP) is 3.47. The molecule has 1 aliphatic heterocycles. The van der Waals surface area contributed by atoms with Crippen LogP contribution in [0.25, 0.3) is 0 Å². The van der Waals surface area contributed by atoms with E-state index in [2.05, 4.69) is 15.9 Å². The molecule has 1 aliphatic rings. The van der Waals surface area contributed by atoms with Gasteiger partial charge in [-0.3, -0.25) is 0 Å². The fraction of sp³-hybridized carbons (Fsp3) is 0.500. The van der Waals surface area contributed by atoms with Crippen molar-refractivity contribution in [3.63, 3.8) is 0 Å². The molecule has 2 atom stereocenters. The molecule has 1 aromatic carbocycles. The van der Waals surface area contributed by atoms with Crippen molar-refractivity contribution < 1.29 is 8.42 Å². The molecule has 5 heteroatoms. The third-order valence-corrected chi connectivity index (χ3v) is 6.21. The van der Waals surface area contributed by atoms with Gasteiger partial charge in [-0.15, -0.1) is 11.6 Å². The topological polar surface area (TPSA) is 34.1 Å². The first-order valence-corrected chi connectivity index (χ1v) is 8.55. The minimum Gasteiger partial charge on any atom is -0.229 e. The molecule has 1 aromatic rings. The molecule has 2 rings (SSSR count). The molecule has 0 bridgehead atoms. The van der Waals surface area contributed by atoms with E-state index in [0.29, 0.717) is 6.42 Å². The molecule has 0 N–H and O–H groups in total. The monoisotopic (exact) mass is 336 g/mol. The summed E-state index contributed by atoms with van der Waals surface area (Å²) in [4.78, 5) is 0. The Kier molecular flexibility index (Phi) is 3.86. The molecule has 17 heavy (non-hydrogen) atoms. The van der Waals surface area contributed by atoms with Crippen molar-refractivity contribution in [2.24, 2.45) is 5.92 Å². The smallest absolute Gasteiger partial charge is 0.150 e. The van der Waals surface area contributed by atoms with Gasteiger partial charge >= 0.3 is 0 Å². The normalized spacial score (nSPS) is 24.8. The van der Waals surface area contributed by atoms with E-state index in [0.717, 1.165) is 15.6 Å². The number of benzene rings is 1. The summed E-state index contributed by atoms with van der Waals surface area (Å²) in [6.45, 7) is 2.01. The molecule has 1 saturated heterocycles. The van der Waals surface area contributed by atoms with E-state index in [1.54, 1.807) is 0 Å². The van der Waals surface area contributed by atoms with Crippen LogP contribution in [0, 0.1) is 12.8 Å². The van der Waals surface area contributed by atoms with Crippen molar-refractivity contribution in [3.05, 3.63) is 33.8 Å². The first-order chi connectivity index (χ1) is 7.89. The zero-order chi connectivity index (χ0) is 12.6. The van der Waals surface area contributed by atoms with E-state index in [1.807, 2.05) is 25.1 Å². The molecule has 1 heterocycles. The van der Waals surface area contributed by atoms with Gasteiger partial charge in [0, 0.05) is 4.47 Å². The molecule has 2 nitrogen and oxygen atoms in total. The minimum atomic E-state index is -2.87. The predicted molar refractivity (Wildman–Crippen MR) is 74.2 cm³/mol. The summed E-state index contributed by atoms with van der Waals surface area (Å²) >= 11 is 9.89. The van der Waals surface area contributed by atoms with Crippen molar-refractivity contribution in [2.45, 2.75) is 18.7 Å². The second kappa shape index (κ2) is 4.90. The van der Waals surface area contributed by atoms with Gasteiger partial charge in [0.25, 0.3) is 0 Å². The maximum atomic E-state index is 11.4. The zero-order valence-electron chi connectivity index (χ0n) is 9.49. The summed E-state index contributed by atoms with van der Waals surface area (Å²) in [6, 6.07) is 5.98. The van der Waals surface area contributed by atoms with Gasteiger partial charge in [-0.2, -0.15) is 0 Å². The van der Waals surface area contributed by atoms with E-state index in [4.69, 9.17) is 11.6 Å². The lowest BCUT2D eigenvalue weighted by Crippen LogP contribution is -2.10. The van der Waals surface area contributed by atoms with Gasteiger partial charge < -0.3 is 0 Å². The maximum Gasteiger partial charge on any atom is 0.150 e. The van der Waals surface area contributed by atoms with E-state index < -0.39 is 9.84 Å². The SMILES string of the molecule is Cc1ccc(C(Cl)C2CCS(=O)(=O)C2)c(Br)c1. The highest BCUT2D eigenvalue weighted by molar-refractivity contribution is 9.10. The van der Waals surface area contributed by atoms with Crippen molar-refractivity contribution in [1.29, 1.82) is 0 Å². The standard InChI is InChI=1S/C12H14BrClO2S/c1-8-2-3-10(11(13)6-8)12(14)9-4-5-17(15,16)7-9/h2-3,6,9,12H,4-5,7H2,1H3. The Balaban J connectivity index is 2.23. The zero-order valence-corrected chi connectivity index (χ0v) is 12.6. The van der Waals surface area contributed by atoms with Gasteiger partial charge in [0.1, 0.15) is 0 Å². The van der Waals surface area contributed by atoms with Gasteiger partial charge in [0.05, 0.1) is 16.9 Å². The number of alkyl halides is 1. The van der Waals surface area contributed by atoms with Crippen LogP contribution in [0.15, 0.2) is 22.7 Å². The first-order valence-electron chi connectivity index (χ1n) is 5.49. The molecule has 2 unspecified atom stereocenters. The summed E-state index contributed by atoms with van der Waals surface area (Å²) in [5.41, 5.74) is 2.14. The fourth-order valence-electron chi connectivity index (χ4n) is 2.16. The second-order valence-electron chi connectivity index (χ2n) is 4.59. The van der Waals surface area contributed by atoms with Gasteiger partial charge in [0.15, 0.2) is 9.84 Å². The van der Waals surface area contributed by atoms with E-state index in [-0.39, 0.29) is 22.8 Å².